The zero-order valence-electron chi connectivity index (χ0n) is 17.1. The Hall–Kier alpha value is -2.20. The lowest BCUT2D eigenvalue weighted by atomic mass is 9.73. The normalized spacial score (nSPS) is 23.5. The molecule has 1 saturated heterocycles. The van der Waals surface area contributed by atoms with Crippen LogP contribution in [0.4, 0.5) is 0 Å². The molecular formula is C25H31N3O. The van der Waals surface area contributed by atoms with E-state index >= 15 is 0 Å². The lowest BCUT2D eigenvalue weighted by Crippen LogP contribution is -2.41. The molecule has 1 amide bonds. The number of hydrogen-bond acceptors (Lipinski definition) is 3. The van der Waals surface area contributed by atoms with Crippen LogP contribution in [-0.4, -0.2) is 34.9 Å². The fourth-order valence-corrected chi connectivity index (χ4v) is 5.64. The van der Waals surface area contributed by atoms with Crippen molar-refractivity contribution in [2.75, 3.05) is 13.1 Å². The first-order valence-corrected chi connectivity index (χ1v) is 11.2. The number of nitrogens with zero attached hydrogens (tertiary/aromatic N) is 2. The molecule has 29 heavy (non-hydrogen) atoms. The smallest absolute Gasteiger partial charge is 0.220 e. The molecule has 4 heteroatoms. The molecule has 0 radical (unpaired) electrons. The van der Waals surface area contributed by atoms with Crippen molar-refractivity contribution >= 4 is 5.91 Å². The summed E-state index contributed by atoms with van der Waals surface area (Å²) in [6, 6.07) is 13.5. The Morgan fingerprint density at radius 1 is 1.14 bits per heavy atom. The molecule has 3 aliphatic rings. The van der Waals surface area contributed by atoms with Crippen LogP contribution in [0.3, 0.4) is 0 Å². The summed E-state index contributed by atoms with van der Waals surface area (Å²) >= 11 is 0. The minimum Gasteiger partial charge on any atom is -0.353 e. The van der Waals surface area contributed by atoms with E-state index in [1.807, 2.05) is 18.5 Å². The number of fused-ring (bicyclic) bond motifs is 2. The average molecular weight is 390 g/mol. The average Bonchev–Trinajstić information content (AvgIpc) is 3.01. The van der Waals surface area contributed by atoms with Crippen LogP contribution in [0, 0.1) is 0 Å². The van der Waals surface area contributed by atoms with Gasteiger partial charge in [0, 0.05) is 31.4 Å². The van der Waals surface area contributed by atoms with Gasteiger partial charge in [-0.2, -0.15) is 0 Å². The minimum absolute atomic E-state index is 0.251. The van der Waals surface area contributed by atoms with E-state index in [-0.39, 0.29) is 11.3 Å². The van der Waals surface area contributed by atoms with Gasteiger partial charge in [-0.1, -0.05) is 30.3 Å². The number of likely N-dealkylation sites (tertiary alicyclic amines) is 1. The van der Waals surface area contributed by atoms with Crippen molar-refractivity contribution in [3.8, 4) is 0 Å². The fourth-order valence-electron chi connectivity index (χ4n) is 5.64. The summed E-state index contributed by atoms with van der Waals surface area (Å²) in [6.07, 6.45) is 11.5. The van der Waals surface area contributed by atoms with Gasteiger partial charge in [0.05, 0.1) is 0 Å². The first kappa shape index (κ1) is 18.8. The predicted molar refractivity (Wildman–Crippen MR) is 115 cm³/mol. The third-order valence-electron chi connectivity index (χ3n) is 7.45. The van der Waals surface area contributed by atoms with Crippen LogP contribution in [0.2, 0.25) is 0 Å². The van der Waals surface area contributed by atoms with E-state index in [9.17, 15) is 4.79 Å². The summed E-state index contributed by atoms with van der Waals surface area (Å²) in [6.45, 7) is 3.22. The predicted octanol–water partition coefficient (Wildman–Crippen LogP) is 4.16. The number of hydrogen-bond donors (Lipinski definition) is 1. The molecule has 152 valence electrons. The molecule has 0 bridgehead atoms. The summed E-state index contributed by atoms with van der Waals surface area (Å²) in [7, 11) is 0. The van der Waals surface area contributed by atoms with Gasteiger partial charge in [-0.25, -0.2) is 0 Å². The molecule has 4 nitrogen and oxygen atoms in total. The van der Waals surface area contributed by atoms with Gasteiger partial charge in [-0.05, 0) is 85.7 Å². The third kappa shape index (κ3) is 3.83. The highest BCUT2D eigenvalue weighted by Gasteiger charge is 2.45. The largest absolute Gasteiger partial charge is 0.353 e. The van der Waals surface area contributed by atoms with Gasteiger partial charge in [-0.15, -0.1) is 0 Å². The maximum Gasteiger partial charge on any atom is 0.220 e. The molecule has 2 aliphatic carbocycles. The SMILES string of the molecule is O=C(CC1CC2(CCN(Cc3cccnc3)CC2)c2ccccc21)NC1CCC1. The Morgan fingerprint density at radius 2 is 1.97 bits per heavy atom. The lowest BCUT2D eigenvalue weighted by molar-refractivity contribution is -0.122. The quantitative estimate of drug-likeness (QED) is 0.835. The van der Waals surface area contributed by atoms with E-state index < -0.39 is 0 Å². The Morgan fingerprint density at radius 3 is 2.69 bits per heavy atom. The highest BCUT2D eigenvalue weighted by molar-refractivity contribution is 5.77. The Kier molecular flexibility index (Phi) is 5.13. The van der Waals surface area contributed by atoms with Crippen molar-refractivity contribution in [2.24, 2.45) is 0 Å². The molecule has 2 aromatic rings. The molecule has 1 N–H and O–H groups in total. The van der Waals surface area contributed by atoms with E-state index in [4.69, 9.17) is 0 Å². The van der Waals surface area contributed by atoms with Gasteiger partial charge in [0.25, 0.3) is 0 Å². The summed E-state index contributed by atoms with van der Waals surface area (Å²) in [4.78, 5) is 19.4. The highest BCUT2D eigenvalue weighted by atomic mass is 16.1. The van der Waals surface area contributed by atoms with Gasteiger partial charge in [0.1, 0.15) is 0 Å². The zero-order chi connectivity index (χ0) is 19.7. The Labute approximate surface area is 173 Å². The minimum atomic E-state index is 0.251. The number of pyridine rings is 1. The molecule has 1 saturated carbocycles. The van der Waals surface area contributed by atoms with Gasteiger partial charge < -0.3 is 5.32 Å². The van der Waals surface area contributed by atoms with Crippen molar-refractivity contribution in [3.63, 3.8) is 0 Å². The van der Waals surface area contributed by atoms with E-state index in [1.54, 1.807) is 0 Å². The van der Waals surface area contributed by atoms with Crippen LogP contribution in [0.25, 0.3) is 0 Å². The fraction of sp³-hybridized carbons (Fsp3) is 0.520. The molecule has 1 spiro atoms. The number of nitrogens with one attached hydrogen (secondary N) is 1. The summed E-state index contributed by atoms with van der Waals surface area (Å²) in [5, 5.41) is 3.25. The first-order valence-electron chi connectivity index (χ1n) is 11.2. The molecule has 2 fully saturated rings. The van der Waals surface area contributed by atoms with Crippen LogP contribution >= 0.6 is 0 Å². The molecule has 1 atom stereocenters. The van der Waals surface area contributed by atoms with Crippen molar-refractivity contribution < 1.29 is 4.79 Å². The lowest BCUT2D eigenvalue weighted by Gasteiger charge is -2.40. The maximum absolute atomic E-state index is 12.6. The van der Waals surface area contributed by atoms with Crippen LogP contribution in [0.15, 0.2) is 48.8 Å². The van der Waals surface area contributed by atoms with Crippen molar-refractivity contribution in [1.82, 2.24) is 15.2 Å². The number of carbonyl (C=O) groups is 1. The van der Waals surface area contributed by atoms with Gasteiger partial charge >= 0.3 is 0 Å². The van der Waals surface area contributed by atoms with Gasteiger partial charge in [0.2, 0.25) is 5.91 Å². The van der Waals surface area contributed by atoms with Gasteiger partial charge in [0.15, 0.2) is 0 Å². The number of piperidine rings is 1. The summed E-state index contributed by atoms with van der Waals surface area (Å²) in [5.74, 6) is 0.622. The second kappa shape index (κ2) is 7.91. The number of aromatic nitrogens is 1. The second-order valence-corrected chi connectivity index (χ2v) is 9.31. The standard InChI is InChI=1S/C25H31N3O/c29-24(27-21-6-3-7-21)15-20-16-25(23-9-2-1-8-22(20)23)10-13-28(14-11-25)18-19-5-4-12-26-17-19/h1-2,4-5,8-9,12,17,20-21H,3,6-7,10-11,13-16,18H2,(H,27,29). The van der Waals surface area contributed by atoms with E-state index in [2.05, 4.69) is 45.5 Å². The van der Waals surface area contributed by atoms with Crippen LogP contribution in [-0.2, 0) is 16.8 Å². The topological polar surface area (TPSA) is 45.2 Å². The van der Waals surface area contributed by atoms with Crippen molar-refractivity contribution in [1.29, 1.82) is 0 Å². The van der Waals surface area contributed by atoms with E-state index in [0.717, 1.165) is 38.9 Å². The molecule has 2 heterocycles. The summed E-state index contributed by atoms with van der Waals surface area (Å²) in [5.41, 5.74) is 4.49. The highest BCUT2D eigenvalue weighted by Crippen LogP contribution is 2.52. The van der Waals surface area contributed by atoms with Crippen LogP contribution in [0.5, 0.6) is 0 Å². The van der Waals surface area contributed by atoms with E-state index in [1.165, 1.54) is 36.0 Å². The van der Waals surface area contributed by atoms with Crippen LogP contribution < -0.4 is 5.32 Å². The third-order valence-corrected chi connectivity index (χ3v) is 7.45. The number of rotatable bonds is 5. The molecule has 5 rings (SSSR count). The molecule has 1 aliphatic heterocycles. The molecule has 1 aromatic carbocycles. The molecule has 1 aromatic heterocycles. The number of amides is 1. The van der Waals surface area contributed by atoms with Gasteiger partial charge in [-0.3, -0.25) is 14.7 Å². The van der Waals surface area contributed by atoms with Crippen molar-refractivity contribution in [2.45, 2.75) is 68.9 Å². The first-order chi connectivity index (χ1) is 14.2. The maximum atomic E-state index is 12.6. The summed E-state index contributed by atoms with van der Waals surface area (Å²) < 4.78 is 0. The molecule has 1 unspecified atom stereocenters. The van der Waals surface area contributed by atoms with E-state index in [0.29, 0.717) is 18.4 Å². The molecular weight excluding hydrogens is 358 g/mol. The van der Waals surface area contributed by atoms with Crippen molar-refractivity contribution in [3.05, 3.63) is 65.5 Å². The van der Waals surface area contributed by atoms with Crippen LogP contribution in [0.1, 0.15) is 67.6 Å². The second-order valence-electron chi connectivity index (χ2n) is 9.31. The number of benzene rings is 1. The Balaban J connectivity index is 1.26. The zero-order valence-corrected chi connectivity index (χ0v) is 17.1. The monoisotopic (exact) mass is 389 g/mol. The number of carbonyl (C=O) groups excluding carboxylic acids is 1. The Bertz CT molecular complexity index is 853.